The maximum absolute atomic E-state index is 13.4. The average molecular weight is 307 g/mol. The van der Waals surface area contributed by atoms with Crippen molar-refractivity contribution in [1.82, 2.24) is 0 Å². The van der Waals surface area contributed by atoms with Gasteiger partial charge in [-0.15, -0.1) is 0 Å². The van der Waals surface area contributed by atoms with Crippen LogP contribution in [0.3, 0.4) is 0 Å². The second kappa shape index (κ2) is 6.92. The molecule has 112 valence electrons. The van der Waals surface area contributed by atoms with E-state index in [1.54, 1.807) is 12.1 Å². The zero-order valence-corrected chi connectivity index (χ0v) is 13.1. The summed E-state index contributed by atoms with van der Waals surface area (Å²) in [5.74, 6) is -0.231. The third-order valence-corrected chi connectivity index (χ3v) is 3.98. The molecule has 4 heteroatoms. The zero-order valence-electron chi connectivity index (χ0n) is 12.3. The Labute approximate surface area is 130 Å². The van der Waals surface area contributed by atoms with Gasteiger partial charge in [0.25, 0.3) is 0 Å². The third-order valence-electron chi connectivity index (χ3n) is 3.75. The lowest BCUT2D eigenvalue weighted by Crippen LogP contribution is -2.23. The van der Waals surface area contributed by atoms with Crippen molar-refractivity contribution in [3.63, 3.8) is 0 Å². The first-order chi connectivity index (χ1) is 10.0. The molecule has 0 amide bonds. The van der Waals surface area contributed by atoms with E-state index in [9.17, 15) is 4.39 Å². The number of anilines is 1. The number of benzene rings is 2. The molecular formula is C17H20ClFN2. The van der Waals surface area contributed by atoms with Crippen LogP contribution in [-0.4, -0.2) is 13.6 Å². The van der Waals surface area contributed by atoms with Crippen LogP contribution in [0, 0.1) is 5.82 Å². The molecule has 0 saturated carbocycles. The Morgan fingerprint density at radius 1 is 1.24 bits per heavy atom. The van der Waals surface area contributed by atoms with Gasteiger partial charge >= 0.3 is 0 Å². The molecule has 2 aromatic rings. The summed E-state index contributed by atoms with van der Waals surface area (Å²) >= 11 is 6.06. The summed E-state index contributed by atoms with van der Waals surface area (Å²) in [6.45, 7) is 2.59. The lowest BCUT2D eigenvalue weighted by Gasteiger charge is -2.29. The van der Waals surface area contributed by atoms with E-state index in [0.717, 1.165) is 16.8 Å². The van der Waals surface area contributed by atoms with Crippen LogP contribution in [-0.2, 0) is 6.42 Å². The van der Waals surface area contributed by atoms with Crippen LogP contribution < -0.4 is 10.6 Å². The van der Waals surface area contributed by atoms with Crippen LogP contribution in [0.15, 0.2) is 42.5 Å². The minimum atomic E-state index is -0.231. The Morgan fingerprint density at radius 2 is 2.00 bits per heavy atom. The Bertz CT molecular complexity index is 615. The fraction of sp³-hybridized carbons (Fsp3) is 0.294. The number of nitrogens with zero attached hydrogens (tertiary/aromatic N) is 1. The molecule has 1 unspecified atom stereocenters. The van der Waals surface area contributed by atoms with Gasteiger partial charge in [-0.05, 0) is 61.3 Å². The first kappa shape index (κ1) is 15.8. The third kappa shape index (κ3) is 3.74. The molecule has 0 saturated heterocycles. The van der Waals surface area contributed by atoms with Gasteiger partial charge in [0, 0.05) is 17.8 Å². The minimum Gasteiger partial charge on any atom is -0.368 e. The molecule has 1 atom stereocenters. The van der Waals surface area contributed by atoms with Crippen LogP contribution in [0.4, 0.5) is 10.1 Å². The Kier molecular flexibility index (Phi) is 5.21. The maximum Gasteiger partial charge on any atom is 0.123 e. The monoisotopic (exact) mass is 306 g/mol. The molecule has 0 aliphatic carbocycles. The molecule has 0 spiro atoms. The average Bonchev–Trinajstić information content (AvgIpc) is 2.46. The van der Waals surface area contributed by atoms with Gasteiger partial charge in [-0.1, -0.05) is 23.7 Å². The van der Waals surface area contributed by atoms with Gasteiger partial charge in [0.15, 0.2) is 0 Å². The Morgan fingerprint density at radius 3 is 2.67 bits per heavy atom. The van der Waals surface area contributed by atoms with Gasteiger partial charge in [-0.3, -0.25) is 0 Å². The van der Waals surface area contributed by atoms with Gasteiger partial charge in [-0.25, -0.2) is 4.39 Å². The van der Waals surface area contributed by atoms with Crippen molar-refractivity contribution in [2.24, 2.45) is 5.73 Å². The van der Waals surface area contributed by atoms with Gasteiger partial charge in [0.1, 0.15) is 5.82 Å². The summed E-state index contributed by atoms with van der Waals surface area (Å²) in [4.78, 5) is 2.12. The second-order valence-corrected chi connectivity index (χ2v) is 5.59. The van der Waals surface area contributed by atoms with E-state index in [2.05, 4.69) is 11.8 Å². The lowest BCUT2D eigenvalue weighted by atomic mass is 10.0. The summed E-state index contributed by atoms with van der Waals surface area (Å²) in [6.07, 6.45) is 0.652. The molecule has 0 fully saturated rings. The molecule has 0 bridgehead atoms. The first-order valence-corrected chi connectivity index (χ1v) is 7.37. The van der Waals surface area contributed by atoms with Crippen LogP contribution in [0.1, 0.15) is 24.1 Å². The molecule has 2 aromatic carbocycles. The Hall–Kier alpha value is -1.58. The van der Waals surface area contributed by atoms with Crippen molar-refractivity contribution < 1.29 is 4.39 Å². The fourth-order valence-corrected chi connectivity index (χ4v) is 2.65. The molecule has 0 heterocycles. The smallest absolute Gasteiger partial charge is 0.123 e. The number of nitrogens with two attached hydrogens (primary N) is 1. The standard InChI is InChI=1S/C17H20ClFN2/c1-12(13-4-3-5-15(18)10-13)21(2)17-7-6-16(19)11-14(17)8-9-20/h3-7,10-12H,8-9,20H2,1-2H3. The van der Waals surface area contributed by atoms with Gasteiger partial charge in [0.2, 0.25) is 0 Å². The molecule has 0 aliphatic heterocycles. The topological polar surface area (TPSA) is 29.3 Å². The van der Waals surface area contributed by atoms with Crippen molar-refractivity contribution in [2.75, 3.05) is 18.5 Å². The van der Waals surface area contributed by atoms with Crippen LogP contribution in [0.2, 0.25) is 5.02 Å². The van der Waals surface area contributed by atoms with Gasteiger partial charge < -0.3 is 10.6 Å². The lowest BCUT2D eigenvalue weighted by molar-refractivity contribution is 0.624. The van der Waals surface area contributed by atoms with Crippen LogP contribution in [0.5, 0.6) is 0 Å². The molecule has 2 N–H and O–H groups in total. The molecule has 0 aromatic heterocycles. The molecule has 21 heavy (non-hydrogen) atoms. The Balaban J connectivity index is 2.32. The molecular weight excluding hydrogens is 287 g/mol. The highest BCUT2D eigenvalue weighted by Gasteiger charge is 2.16. The zero-order chi connectivity index (χ0) is 15.4. The normalized spacial score (nSPS) is 12.2. The fourth-order valence-electron chi connectivity index (χ4n) is 2.45. The summed E-state index contributed by atoms with van der Waals surface area (Å²) < 4.78 is 13.4. The SMILES string of the molecule is CC(c1cccc(Cl)c1)N(C)c1ccc(F)cc1CCN. The molecule has 0 aliphatic rings. The van der Waals surface area contributed by atoms with E-state index in [1.807, 2.05) is 31.3 Å². The second-order valence-electron chi connectivity index (χ2n) is 5.15. The summed E-state index contributed by atoms with van der Waals surface area (Å²) in [5, 5.41) is 0.717. The largest absolute Gasteiger partial charge is 0.368 e. The number of hydrogen-bond donors (Lipinski definition) is 1. The summed E-state index contributed by atoms with van der Waals surface area (Å²) in [7, 11) is 2.00. The first-order valence-electron chi connectivity index (χ1n) is 6.99. The van der Waals surface area contributed by atoms with E-state index >= 15 is 0 Å². The van der Waals surface area contributed by atoms with Crippen LogP contribution >= 0.6 is 11.6 Å². The van der Waals surface area contributed by atoms with Gasteiger partial charge in [-0.2, -0.15) is 0 Å². The van der Waals surface area contributed by atoms with E-state index < -0.39 is 0 Å². The van der Waals surface area contributed by atoms with E-state index in [-0.39, 0.29) is 11.9 Å². The van der Waals surface area contributed by atoms with E-state index in [1.165, 1.54) is 6.07 Å². The quantitative estimate of drug-likeness (QED) is 0.898. The van der Waals surface area contributed by atoms with Crippen molar-refractivity contribution in [2.45, 2.75) is 19.4 Å². The highest BCUT2D eigenvalue weighted by Crippen LogP contribution is 2.30. The van der Waals surface area contributed by atoms with Crippen molar-refractivity contribution in [3.8, 4) is 0 Å². The number of halogens is 2. The summed E-state index contributed by atoms with van der Waals surface area (Å²) in [5.41, 5.74) is 8.67. The van der Waals surface area contributed by atoms with Crippen molar-refractivity contribution in [1.29, 1.82) is 0 Å². The predicted molar refractivity (Wildman–Crippen MR) is 87.4 cm³/mol. The van der Waals surface area contributed by atoms with Crippen LogP contribution in [0.25, 0.3) is 0 Å². The number of rotatable bonds is 5. The highest BCUT2D eigenvalue weighted by molar-refractivity contribution is 6.30. The maximum atomic E-state index is 13.4. The molecule has 2 rings (SSSR count). The van der Waals surface area contributed by atoms with Crippen molar-refractivity contribution >= 4 is 17.3 Å². The van der Waals surface area contributed by atoms with Gasteiger partial charge in [0.05, 0.1) is 6.04 Å². The minimum absolute atomic E-state index is 0.130. The van der Waals surface area contributed by atoms with E-state index in [4.69, 9.17) is 17.3 Å². The summed E-state index contributed by atoms with van der Waals surface area (Å²) in [6, 6.07) is 12.8. The predicted octanol–water partition coefficient (Wildman–Crippen LogP) is 4.18. The highest BCUT2D eigenvalue weighted by atomic mass is 35.5. The number of hydrogen-bond acceptors (Lipinski definition) is 2. The van der Waals surface area contributed by atoms with E-state index in [0.29, 0.717) is 18.0 Å². The molecule has 0 radical (unpaired) electrons. The van der Waals surface area contributed by atoms with Crippen molar-refractivity contribution in [3.05, 3.63) is 64.4 Å². The molecule has 2 nitrogen and oxygen atoms in total.